The van der Waals surface area contributed by atoms with Crippen molar-refractivity contribution in [1.29, 1.82) is 0 Å². The Bertz CT molecular complexity index is 185. The van der Waals surface area contributed by atoms with Crippen LogP contribution in [-0.4, -0.2) is 31.0 Å². The van der Waals surface area contributed by atoms with Crippen LogP contribution in [0.25, 0.3) is 0 Å². The van der Waals surface area contributed by atoms with Gasteiger partial charge in [0, 0.05) is 6.04 Å². The monoisotopic (exact) mass is 171 g/mol. The molecule has 0 bridgehead atoms. The maximum absolute atomic E-state index is 9.97. The maximum Gasteiger partial charge on any atom is 0.234 e. The third kappa shape index (κ3) is 2.28. The summed E-state index contributed by atoms with van der Waals surface area (Å²) in [5.74, 6) is 0.247. The lowest BCUT2D eigenvalue weighted by Gasteiger charge is -2.25. The van der Waals surface area contributed by atoms with E-state index < -0.39 is 0 Å². The van der Waals surface area contributed by atoms with Gasteiger partial charge in [0.1, 0.15) is 11.9 Å². The van der Waals surface area contributed by atoms with Crippen LogP contribution in [0.1, 0.15) is 12.8 Å². The van der Waals surface area contributed by atoms with Crippen LogP contribution < -0.4 is 11.5 Å². The Morgan fingerprint density at radius 3 is 2.83 bits per heavy atom. The fourth-order valence-electron chi connectivity index (χ4n) is 1.15. The Labute approximate surface area is 70.8 Å². The summed E-state index contributed by atoms with van der Waals surface area (Å²) >= 11 is 0. The Morgan fingerprint density at radius 1 is 1.58 bits per heavy atom. The number of amidine groups is 1. The van der Waals surface area contributed by atoms with Gasteiger partial charge in [-0.1, -0.05) is 0 Å². The van der Waals surface area contributed by atoms with Gasteiger partial charge < -0.3 is 16.2 Å². The second-order valence-corrected chi connectivity index (χ2v) is 2.82. The Morgan fingerprint density at radius 2 is 2.33 bits per heavy atom. The van der Waals surface area contributed by atoms with Crippen LogP contribution in [0.15, 0.2) is 4.99 Å². The number of hydrogen-bond acceptors (Lipinski definition) is 3. The fourth-order valence-corrected chi connectivity index (χ4v) is 1.15. The molecule has 1 aliphatic heterocycles. The summed E-state index contributed by atoms with van der Waals surface area (Å²) in [5, 5.41) is 0. The quantitative estimate of drug-likeness (QED) is 0.317. The van der Waals surface area contributed by atoms with Crippen LogP contribution in [0.4, 0.5) is 0 Å². The van der Waals surface area contributed by atoms with Crippen LogP contribution in [0, 0.1) is 0 Å². The SMILES string of the molecule is NC(=NC=O)[C@@H]1CC[C@@H](N)CO1. The predicted molar refractivity (Wildman–Crippen MR) is 44.6 cm³/mol. The molecule has 1 fully saturated rings. The molecule has 0 radical (unpaired) electrons. The van der Waals surface area contributed by atoms with Crippen LogP contribution in [0.5, 0.6) is 0 Å². The molecule has 0 aromatic heterocycles. The van der Waals surface area contributed by atoms with E-state index in [4.69, 9.17) is 16.2 Å². The van der Waals surface area contributed by atoms with Crippen molar-refractivity contribution >= 4 is 12.2 Å². The van der Waals surface area contributed by atoms with E-state index >= 15 is 0 Å². The van der Waals surface area contributed by atoms with Gasteiger partial charge >= 0.3 is 0 Å². The van der Waals surface area contributed by atoms with E-state index in [0.29, 0.717) is 13.0 Å². The summed E-state index contributed by atoms with van der Waals surface area (Å²) in [4.78, 5) is 13.4. The standard InChI is InChI=1S/C7H13N3O2/c8-5-1-2-6(12-3-5)7(9)10-4-11/h4-6H,1-3,8H2,(H2,9,10,11)/t5-,6+/m1/s1. The van der Waals surface area contributed by atoms with Crippen molar-refractivity contribution in [3.8, 4) is 0 Å². The van der Waals surface area contributed by atoms with Gasteiger partial charge in [0.15, 0.2) is 0 Å². The number of hydrogen-bond donors (Lipinski definition) is 2. The Hall–Kier alpha value is -0.940. The second kappa shape index (κ2) is 4.18. The van der Waals surface area contributed by atoms with Crippen LogP contribution in [0.2, 0.25) is 0 Å². The molecule has 0 aliphatic carbocycles. The zero-order valence-electron chi connectivity index (χ0n) is 6.77. The van der Waals surface area contributed by atoms with E-state index in [-0.39, 0.29) is 18.0 Å². The minimum Gasteiger partial charge on any atom is -0.385 e. The highest BCUT2D eigenvalue weighted by atomic mass is 16.5. The van der Waals surface area contributed by atoms with Gasteiger partial charge in [-0.05, 0) is 12.8 Å². The highest BCUT2D eigenvalue weighted by Gasteiger charge is 2.21. The Balaban J connectivity index is 2.44. The summed E-state index contributed by atoms with van der Waals surface area (Å²) in [6.45, 7) is 0.486. The minimum atomic E-state index is -0.227. The van der Waals surface area contributed by atoms with Gasteiger partial charge in [-0.15, -0.1) is 0 Å². The van der Waals surface area contributed by atoms with Crippen molar-refractivity contribution in [2.24, 2.45) is 16.5 Å². The van der Waals surface area contributed by atoms with Crippen molar-refractivity contribution in [1.82, 2.24) is 0 Å². The fraction of sp³-hybridized carbons (Fsp3) is 0.714. The van der Waals surface area contributed by atoms with E-state index in [1.165, 1.54) is 0 Å². The molecule has 5 nitrogen and oxygen atoms in total. The van der Waals surface area contributed by atoms with Crippen molar-refractivity contribution in [3.63, 3.8) is 0 Å². The number of carbonyl (C=O) groups excluding carboxylic acids is 1. The number of carbonyl (C=O) groups is 1. The summed E-state index contributed by atoms with van der Waals surface area (Å²) < 4.78 is 5.26. The van der Waals surface area contributed by atoms with Crippen LogP contribution in [-0.2, 0) is 9.53 Å². The van der Waals surface area contributed by atoms with Gasteiger partial charge in [-0.3, -0.25) is 4.79 Å². The first-order valence-corrected chi connectivity index (χ1v) is 3.88. The zero-order valence-corrected chi connectivity index (χ0v) is 6.77. The first kappa shape index (κ1) is 9.15. The number of nitrogens with zero attached hydrogens (tertiary/aromatic N) is 1. The van der Waals surface area contributed by atoms with Gasteiger partial charge in [0.2, 0.25) is 6.41 Å². The van der Waals surface area contributed by atoms with Gasteiger partial charge in [-0.2, -0.15) is 0 Å². The molecule has 1 amide bonds. The summed E-state index contributed by atoms with van der Waals surface area (Å²) in [6, 6.07) is 0.0882. The molecule has 1 heterocycles. The lowest BCUT2D eigenvalue weighted by Crippen LogP contribution is -2.41. The molecular weight excluding hydrogens is 158 g/mol. The molecule has 0 spiro atoms. The zero-order chi connectivity index (χ0) is 8.97. The van der Waals surface area contributed by atoms with Gasteiger partial charge in [-0.25, -0.2) is 4.99 Å². The molecule has 1 saturated heterocycles. The molecule has 68 valence electrons. The lowest BCUT2D eigenvalue weighted by atomic mass is 10.1. The van der Waals surface area contributed by atoms with Crippen LogP contribution >= 0.6 is 0 Å². The first-order chi connectivity index (χ1) is 5.74. The first-order valence-electron chi connectivity index (χ1n) is 3.88. The van der Waals surface area contributed by atoms with E-state index in [0.717, 1.165) is 12.8 Å². The second-order valence-electron chi connectivity index (χ2n) is 2.82. The van der Waals surface area contributed by atoms with Gasteiger partial charge in [0.25, 0.3) is 0 Å². The molecule has 4 N–H and O–H groups in total. The molecule has 2 atom stereocenters. The average Bonchev–Trinajstić information content (AvgIpc) is 2.06. The lowest BCUT2D eigenvalue weighted by molar-refractivity contribution is -0.106. The number of amides is 1. The molecule has 0 aromatic carbocycles. The normalized spacial score (nSPS) is 31.6. The molecule has 0 aromatic rings. The highest BCUT2D eigenvalue weighted by molar-refractivity contribution is 5.89. The van der Waals surface area contributed by atoms with Crippen molar-refractivity contribution < 1.29 is 9.53 Å². The minimum absolute atomic E-state index is 0.0882. The van der Waals surface area contributed by atoms with E-state index in [9.17, 15) is 4.79 Å². The summed E-state index contributed by atoms with van der Waals surface area (Å²) in [5.41, 5.74) is 11.1. The summed E-state index contributed by atoms with van der Waals surface area (Å²) in [6.07, 6.45) is 1.80. The Kier molecular flexibility index (Phi) is 3.19. The smallest absolute Gasteiger partial charge is 0.234 e. The molecular formula is C7H13N3O2. The third-order valence-electron chi connectivity index (χ3n) is 1.84. The molecule has 0 unspecified atom stereocenters. The number of ether oxygens (including phenoxy) is 1. The van der Waals surface area contributed by atoms with Crippen LogP contribution in [0.3, 0.4) is 0 Å². The maximum atomic E-state index is 9.97. The van der Waals surface area contributed by atoms with Crippen molar-refractivity contribution in [2.75, 3.05) is 6.61 Å². The van der Waals surface area contributed by atoms with E-state index in [1.807, 2.05) is 0 Å². The molecule has 1 aliphatic rings. The van der Waals surface area contributed by atoms with Crippen molar-refractivity contribution in [3.05, 3.63) is 0 Å². The van der Waals surface area contributed by atoms with E-state index in [1.54, 1.807) is 0 Å². The largest absolute Gasteiger partial charge is 0.385 e. The number of nitrogens with two attached hydrogens (primary N) is 2. The molecule has 0 saturated carbocycles. The molecule has 1 rings (SSSR count). The highest BCUT2D eigenvalue weighted by Crippen LogP contribution is 2.11. The molecule has 12 heavy (non-hydrogen) atoms. The average molecular weight is 171 g/mol. The van der Waals surface area contributed by atoms with Crippen molar-refractivity contribution in [2.45, 2.75) is 25.0 Å². The predicted octanol–water partition coefficient (Wildman–Crippen LogP) is -0.994. The van der Waals surface area contributed by atoms with Gasteiger partial charge in [0.05, 0.1) is 6.61 Å². The third-order valence-corrected chi connectivity index (χ3v) is 1.84. The van der Waals surface area contributed by atoms with E-state index in [2.05, 4.69) is 4.99 Å². The number of aliphatic imine (C=N–C) groups is 1. The number of rotatable bonds is 2. The molecule has 5 heteroatoms. The topological polar surface area (TPSA) is 90.7 Å². The summed E-state index contributed by atoms with van der Waals surface area (Å²) in [7, 11) is 0.